The molecule has 3 rings (SSSR count). The first-order chi connectivity index (χ1) is 9.70. The number of carbonyl (C=O) groups is 1. The number of carbonyl (C=O) groups excluding carboxylic acids is 1. The van der Waals surface area contributed by atoms with Gasteiger partial charge < -0.3 is 14.6 Å². The molecule has 2 heterocycles. The van der Waals surface area contributed by atoms with Crippen LogP contribution in [0.1, 0.15) is 23.2 Å². The number of methoxy groups -OCH3 is 1. The maximum atomic E-state index is 11.4. The number of benzene rings is 1. The van der Waals surface area contributed by atoms with E-state index in [2.05, 4.69) is 35.0 Å². The largest absolute Gasteiger partial charge is 0.469 e. The molecule has 0 bridgehead atoms. The molecule has 0 fully saturated rings. The molecule has 0 atom stereocenters. The topological polar surface area (TPSA) is 43.3 Å². The Kier molecular flexibility index (Phi) is 3.49. The van der Waals surface area contributed by atoms with Crippen molar-refractivity contribution in [3.63, 3.8) is 0 Å². The fourth-order valence-corrected chi connectivity index (χ4v) is 3.05. The predicted molar refractivity (Wildman–Crippen MR) is 78.7 cm³/mol. The van der Waals surface area contributed by atoms with Gasteiger partial charge in [0, 0.05) is 42.7 Å². The van der Waals surface area contributed by atoms with Crippen LogP contribution in [0.15, 0.2) is 18.2 Å². The van der Waals surface area contributed by atoms with E-state index in [1.807, 2.05) is 0 Å². The Labute approximate surface area is 118 Å². The monoisotopic (exact) mass is 272 g/mol. The van der Waals surface area contributed by atoms with Crippen molar-refractivity contribution in [2.45, 2.75) is 32.9 Å². The number of aryl methyl sites for hydroxylation is 2. The van der Waals surface area contributed by atoms with Crippen molar-refractivity contribution in [1.29, 1.82) is 0 Å². The highest BCUT2D eigenvalue weighted by atomic mass is 16.5. The summed E-state index contributed by atoms with van der Waals surface area (Å²) in [5.41, 5.74) is 5.26. The minimum absolute atomic E-state index is 0.151. The molecule has 1 aromatic heterocycles. The van der Waals surface area contributed by atoms with E-state index in [0.29, 0.717) is 13.0 Å². The van der Waals surface area contributed by atoms with E-state index in [4.69, 9.17) is 4.74 Å². The molecule has 0 aliphatic carbocycles. The third kappa shape index (κ3) is 2.20. The van der Waals surface area contributed by atoms with E-state index < -0.39 is 0 Å². The molecule has 1 aliphatic rings. The summed E-state index contributed by atoms with van der Waals surface area (Å²) in [6.45, 7) is 4.73. The van der Waals surface area contributed by atoms with Gasteiger partial charge in [0.05, 0.1) is 13.5 Å². The molecule has 1 aliphatic heterocycles. The second kappa shape index (κ2) is 5.29. The van der Waals surface area contributed by atoms with Crippen molar-refractivity contribution < 1.29 is 9.53 Å². The van der Waals surface area contributed by atoms with Crippen molar-refractivity contribution in [3.05, 3.63) is 35.0 Å². The van der Waals surface area contributed by atoms with Crippen LogP contribution in [0, 0.1) is 6.92 Å². The highest BCUT2D eigenvalue weighted by Gasteiger charge is 2.20. The number of nitrogens with zero attached hydrogens (tertiary/aromatic N) is 1. The van der Waals surface area contributed by atoms with E-state index >= 15 is 0 Å². The average molecular weight is 272 g/mol. The van der Waals surface area contributed by atoms with Gasteiger partial charge in [-0.05, 0) is 24.6 Å². The van der Waals surface area contributed by atoms with Crippen LogP contribution >= 0.6 is 0 Å². The van der Waals surface area contributed by atoms with Gasteiger partial charge in [-0.15, -0.1) is 0 Å². The van der Waals surface area contributed by atoms with Crippen LogP contribution in [0.2, 0.25) is 0 Å². The number of hydrogen-bond acceptors (Lipinski definition) is 3. The Morgan fingerprint density at radius 2 is 2.30 bits per heavy atom. The van der Waals surface area contributed by atoms with Gasteiger partial charge in [-0.1, -0.05) is 11.6 Å². The minimum atomic E-state index is -0.151. The SMILES string of the molecule is COC(=O)CCn1c2c(c3cc(C)ccc31)CNCC2. The summed E-state index contributed by atoms with van der Waals surface area (Å²) >= 11 is 0. The summed E-state index contributed by atoms with van der Waals surface area (Å²) in [7, 11) is 1.44. The number of hydrogen-bond donors (Lipinski definition) is 1. The fraction of sp³-hybridized carbons (Fsp3) is 0.438. The molecule has 2 aromatic rings. The zero-order chi connectivity index (χ0) is 14.1. The van der Waals surface area contributed by atoms with E-state index in [-0.39, 0.29) is 5.97 Å². The molecule has 106 valence electrons. The van der Waals surface area contributed by atoms with Gasteiger partial charge in [0.15, 0.2) is 0 Å². The van der Waals surface area contributed by atoms with E-state index in [1.54, 1.807) is 0 Å². The lowest BCUT2D eigenvalue weighted by Crippen LogP contribution is -2.25. The molecule has 0 saturated heterocycles. The number of nitrogens with one attached hydrogen (secondary N) is 1. The normalized spacial score (nSPS) is 14.3. The number of ether oxygens (including phenoxy) is 1. The summed E-state index contributed by atoms with van der Waals surface area (Å²) in [6.07, 6.45) is 1.44. The molecule has 1 aromatic carbocycles. The van der Waals surface area contributed by atoms with Crippen LogP contribution in [-0.4, -0.2) is 24.2 Å². The second-order valence-electron chi connectivity index (χ2n) is 5.35. The van der Waals surface area contributed by atoms with E-state index in [0.717, 1.165) is 19.5 Å². The lowest BCUT2D eigenvalue weighted by atomic mass is 10.0. The van der Waals surface area contributed by atoms with E-state index in [9.17, 15) is 4.79 Å². The molecule has 0 unspecified atom stereocenters. The Balaban J connectivity index is 2.07. The highest BCUT2D eigenvalue weighted by molar-refractivity contribution is 5.86. The summed E-state index contributed by atoms with van der Waals surface area (Å²) in [5, 5.41) is 4.75. The van der Waals surface area contributed by atoms with Crippen molar-refractivity contribution in [1.82, 2.24) is 9.88 Å². The van der Waals surface area contributed by atoms with Gasteiger partial charge in [-0.2, -0.15) is 0 Å². The van der Waals surface area contributed by atoms with Crippen molar-refractivity contribution >= 4 is 16.9 Å². The third-order valence-electron chi connectivity index (χ3n) is 4.05. The fourth-order valence-electron chi connectivity index (χ4n) is 3.05. The maximum Gasteiger partial charge on any atom is 0.307 e. The molecular weight excluding hydrogens is 252 g/mol. The van der Waals surface area contributed by atoms with Crippen LogP contribution in [0.4, 0.5) is 0 Å². The third-order valence-corrected chi connectivity index (χ3v) is 4.05. The number of rotatable bonds is 3. The lowest BCUT2D eigenvalue weighted by Gasteiger charge is -2.16. The summed E-state index contributed by atoms with van der Waals surface area (Å²) in [6, 6.07) is 6.55. The molecule has 4 nitrogen and oxygen atoms in total. The average Bonchev–Trinajstić information content (AvgIpc) is 2.78. The first-order valence-electron chi connectivity index (χ1n) is 7.09. The molecule has 20 heavy (non-hydrogen) atoms. The standard InChI is InChI=1S/C16H20N2O2/c1-11-3-4-14-12(9-11)13-10-17-7-5-15(13)18(14)8-6-16(19)20-2/h3-4,9,17H,5-8,10H2,1-2H3. The molecule has 1 N–H and O–H groups in total. The number of fused-ring (bicyclic) bond motifs is 3. The predicted octanol–water partition coefficient (Wildman–Crippen LogP) is 2.16. The lowest BCUT2D eigenvalue weighted by molar-refractivity contribution is -0.140. The van der Waals surface area contributed by atoms with Gasteiger partial charge in [-0.25, -0.2) is 0 Å². The molecule has 0 spiro atoms. The van der Waals surface area contributed by atoms with Gasteiger partial charge in [-0.3, -0.25) is 4.79 Å². The Bertz CT molecular complexity index is 658. The van der Waals surface area contributed by atoms with E-state index in [1.165, 1.54) is 34.8 Å². The zero-order valence-corrected chi connectivity index (χ0v) is 12.0. The smallest absolute Gasteiger partial charge is 0.307 e. The Morgan fingerprint density at radius 1 is 1.45 bits per heavy atom. The van der Waals surface area contributed by atoms with Crippen LogP contribution in [0.5, 0.6) is 0 Å². The first kappa shape index (κ1) is 13.2. The van der Waals surface area contributed by atoms with Gasteiger partial charge in [0.2, 0.25) is 0 Å². The summed E-state index contributed by atoms with van der Waals surface area (Å²) in [5.74, 6) is -0.151. The molecule has 0 saturated carbocycles. The molecule has 0 radical (unpaired) electrons. The second-order valence-corrected chi connectivity index (χ2v) is 5.35. The van der Waals surface area contributed by atoms with Crippen LogP contribution in [0.3, 0.4) is 0 Å². The van der Waals surface area contributed by atoms with Crippen LogP contribution in [-0.2, 0) is 29.0 Å². The van der Waals surface area contributed by atoms with Gasteiger partial charge in [0.25, 0.3) is 0 Å². The van der Waals surface area contributed by atoms with Gasteiger partial charge in [0.1, 0.15) is 0 Å². The Hall–Kier alpha value is -1.81. The quantitative estimate of drug-likeness (QED) is 0.871. The molecular formula is C16H20N2O2. The van der Waals surface area contributed by atoms with Gasteiger partial charge >= 0.3 is 5.97 Å². The Morgan fingerprint density at radius 3 is 3.10 bits per heavy atom. The minimum Gasteiger partial charge on any atom is -0.469 e. The molecule has 0 amide bonds. The van der Waals surface area contributed by atoms with Crippen LogP contribution < -0.4 is 5.32 Å². The summed E-state index contributed by atoms with van der Waals surface area (Å²) < 4.78 is 7.05. The maximum absolute atomic E-state index is 11.4. The van der Waals surface area contributed by atoms with Crippen molar-refractivity contribution in [2.75, 3.05) is 13.7 Å². The first-order valence-corrected chi connectivity index (χ1v) is 7.09. The molecule has 4 heteroatoms. The van der Waals surface area contributed by atoms with Crippen molar-refractivity contribution in [2.24, 2.45) is 0 Å². The summed E-state index contributed by atoms with van der Waals surface area (Å²) in [4.78, 5) is 11.4. The zero-order valence-electron chi connectivity index (χ0n) is 12.0. The van der Waals surface area contributed by atoms with Crippen molar-refractivity contribution in [3.8, 4) is 0 Å². The number of esters is 1. The number of aromatic nitrogens is 1. The highest BCUT2D eigenvalue weighted by Crippen LogP contribution is 2.29. The van der Waals surface area contributed by atoms with Crippen LogP contribution in [0.25, 0.3) is 10.9 Å².